The number of Topliss-reactive ketones (excluding diaryl/α,β-unsaturated/α-hetero) is 1. The Bertz CT molecular complexity index is 717. The van der Waals surface area contributed by atoms with E-state index in [2.05, 4.69) is 0 Å². The lowest BCUT2D eigenvalue weighted by molar-refractivity contribution is 0.0979. The third kappa shape index (κ3) is 4.28. The van der Waals surface area contributed by atoms with Crippen molar-refractivity contribution >= 4 is 15.6 Å². The maximum Gasteiger partial charge on any atom is 0.182 e. The van der Waals surface area contributed by atoms with Crippen molar-refractivity contribution in [2.75, 3.05) is 0 Å². The third-order valence-electron chi connectivity index (χ3n) is 3.49. The number of hydrogen-bond donors (Lipinski definition) is 0. The highest BCUT2D eigenvalue weighted by atomic mass is 32.2. The molecule has 22 heavy (non-hydrogen) atoms. The van der Waals surface area contributed by atoms with Crippen LogP contribution < -0.4 is 0 Å². The molecule has 116 valence electrons. The van der Waals surface area contributed by atoms with E-state index in [1.165, 1.54) is 12.1 Å². The van der Waals surface area contributed by atoms with Crippen LogP contribution in [-0.2, 0) is 15.6 Å². The van der Waals surface area contributed by atoms with Gasteiger partial charge in [-0.05, 0) is 24.1 Å². The van der Waals surface area contributed by atoms with Gasteiger partial charge in [0.2, 0.25) is 0 Å². The molecular formula is C18H20O3S. The van der Waals surface area contributed by atoms with E-state index in [1.54, 1.807) is 24.3 Å². The fraction of sp³-hybridized carbons (Fsp3) is 0.278. The summed E-state index contributed by atoms with van der Waals surface area (Å²) in [5, 5.41) is 0. The van der Waals surface area contributed by atoms with Gasteiger partial charge in [0.05, 0.1) is 10.6 Å². The fourth-order valence-corrected chi connectivity index (χ4v) is 3.56. The highest BCUT2D eigenvalue weighted by Crippen LogP contribution is 2.18. The van der Waals surface area contributed by atoms with Crippen molar-refractivity contribution in [3.63, 3.8) is 0 Å². The molecule has 0 heterocycles. The number of rotatable bonds is 7. The van der Waals surface area contributed by atoms with Crippen molar-refractivity contribution < 1.29 is 13.2 Å². The van der Waals surface area contributed by atoms with Crippen molar-refractivity contribution in [2.45, 2.75) is 36.8 Å². The molecule has 3 nitrogen and oxygen atoms in total. The minimum Gasteiger partial charge on any atom is -0.294 e. The normalized spacial score (nSPS) is 11.3. The van der Waals surface area contributed by atoms with E-state index in [1.807, 2.05) is 25.1 Å². The third-order valence-corrected chi connectivity index (χ3v) is 5.20. The molecule has 0 unspecified atom stereocenters. The zero-order valence-electron chi connectivity index (χ0n) is 12.7. The largest absolute Gasteiger partial charge is 0.294 e. The summed E-state index contributed by atoms with van der Waals surface area (Å²) in [7, 11) is -3.38. The molecule has 0 radical (unpaired) electrons. The molecule has 2 aromatic carbocycles. The maximum absolute atomic E-state index is 12.4. The summed E-state index contributed by atoms with van der Waals surface area (Å²) < 4.78 is 24.7. The summed E-state index contributed by atoms with van der Waals surface area (Å²) in [4.78, 5) is 12.2. The van der Waals surface area contributed by atoms with Crippen LogP contribution in [0.4, 0.5) is 0 Å². The fourth-order valence-electron chi connectivity index (χ4n) is 2.21. The second kappa shape index (κ2) is 7.36. The lowest BCUT2D eigenvalue weighted by atomic mass is 10.1. The van der Waals surface area contributed by atoms with Gasteiger partial charge in [-0.25, -0.2) is 8.42 Å². The Labute approximate surface area is 131 Å². The molecule has 0 saturated carbocycles. The average molecular weight is 316 g/mol. The Morgan fingerprint density at radius 1 is 0.955 bits per heavy atom. The zero-order valence-corrected chi connectivity index (χ0v) is 13.5. The Morgan fingerprint density at radius 3 is 2.18 bits per heavy atom. The molecule has 0 N–H and O–H groups in total. The highest BCUT2D eigenvalue weighted by Gasteiger charge is 2.16. The summed E-state index contributed by atoms with van der Waals surface area (Å²) in [6.45, 7) is 2.03. The number of sulfone groups is 1. The minimum atomic E-state index is -3.38. The van der Waals surface area contributed by atoms with Gasteiger partial charge in [-0.2, -0.15) is 0 Å². The van der Waals surface area contributed by atoms with Crippen LogP contribution in [0.2, 0.25) is 0 Å². The van der Waals surface area contributed by atoms with Crippen LogP contribution in [-0.4, -0.2) is 14.2 Å². The number of carbonyl (C=O) groups is 1. The monoisotopic (exact) mass is 316 g/mol. The van der Waals surface area contributed by atoms with Crippen LogP contribution in [0.15, 0.2) is 59.5 Å². The molecule has 0 fully saturated rings. The summed E-state index contributed by atoms with van der Waals surface area (Å²) in [5.74, 6) is 0.0330. The maximum atomic E-state index is 12.4. The molecule has 0 bridgehead atoms. The summed E-state index contributed by atoms with van der Waals surface area (Å²) >= 11 is 0. The van der Waals surface area contributed by atoms with Gasteiger partial charge in [0.1, 0.15) is 0 Å². The summed E-state index contributed by atoms with van der Waals surface area (Å²) in [5.41, 5.74) is 1.33. The number of ketones is 1. The van der Waals surface area contributed by atoms with Gasteiger partial charge in [0.25, 0.3) is 0 Å². The molecule has 0 atom stereocenters. The Morgan fingerprint density at radius 2 is 1.59 bits per heavy atom. The molecule has 2 aromatic rings. The first kappa shape index (κ1) is 16.4. The molecule has 4 heteroatoms. The Balaban J connectivity index is 2.14. The van der Waals surface area contributed by atoms with Crippen LogP contribution in [0.3, 0.4) is 0 Å². The predicted octanol–water partition coefficient (Wildman–Crippen LogP) is 4.03. The van der Waals surface area contributed by atoms with Crippen LogP contribution >= 0.6 is 0 Å². The molecule has 0 aliphatic rings. The number of benzene rings is 2. The lowest BCUT2D eigenvalue weighted by Crippen LogP contribution is -2.06. The summed E-state index contributed by atoms with van der Waals surface area (Å²) in [6.07, 6.45) is 2.33. The standard InChI is InChI=1S/C18H20O3S/c1-2-3-9-18(19)16-10-12-17(13-11-16)22(20,21)14-15-7-5-4-6-8-15/h4-8,10-13H,2-3,9,14H2,1H3. The second-order valence-corrected chi connectivity index (χ2v) is 7.29. The SMILES string of the molecule is CCCCC(=O)c1ccc(S(=O)(=O)Cc2ccccc2)cc1. The van der Waals surface area contributed by atoms with Gasteiger partial charge in [0.15, 0.2) is 15.6 Å². The second-order valence-electron chi connectivity index (χ2n) is 5.30. The van der Waals surface area contributed by atoms with E-state index in [9.17, 15) is 13.2 Å². The number of hydrogen-bond acceptors (Lipinski definition) is 3. The van der Waals surface area contributed by atoms with Crippen LogP contribution in [0, 0.1) is 0 Å². The molecule has 2 rings (SSSR count). The molecule has 0 aromatic heterocycles. The highest BCUT2D eigenvalue weighted by molar-refractivity contribution is 7.90. The first-order chi connectivity index (χ1) is 10.5. The van der Waals surface area contributed by atoms with Crippen molar-refractivity contribution in [2.24, 2.45) is 0 Å². The Kier molecular flexibility index (Phi) is 5.50. The molecule has 0 aliphatic carbocycles. The van der Waals surface area contributed by atoms with Crippen molar-refractivity contribution in [3.05, 3.63) is 65.7 Å². The van der Waals surface area contributed by atoms with Crippen molar-refractivity contribution in [1.82, 2.24) is 0 Å². The van der Waals surface area contributed by atoms with E-state index < -0.39 is 9.84 Å². The summed E-state index contributed by atoms with van der Waals surface area (Å²) in [6, 6.07) is 15.3. The lowest BCUT2D eigenvalue weighted by Gasteiger charge is -2.06. The van der Waals surface area contributed by atoms with E-state index >= 15 is 0 Å². The van der Waals surface area contributed by atoms with Gasteiger partial charge >= 0.3 is 0 Å². The van der Waals surface area contributed by atoms with Gasteiger partial charge in [-0.1, -0.05) is 55.8 Å². The van der Waals surface area contributed by atoms with Crippen molar-refractivity contribution in [3.8, 4) is 0 Å². The predicted molar refractivity (Wildman–Crippen MR) is 87.6 cm³/mol. The van der Waals surface area contributed by atoms with Gasteiger partial charge < -0.3 is 0 Å². The van der Waals surface area contributed by atoms with E-state index in [0.717, 1.165) is 18.4 Å². The van der Waals surface area contributed by atoms with Crippen molar-refractivity contribution in [1.29, 1.82) is 0 Å². The van der Waals surface area contributed by atoms with Crippen LogP contribution in [0.1, 0.15) is 42.1 Å². The molecule has 0 amide bonds. The van der Waals surface area contributed by atoms with Gasteiger partial charge in [-0.3, -0.25) is 4.79 Å². The smallest absolute Gasteiger partial charge is 0.182 e. The van der Waals surface area contributed by atoms with E-state index in [-0.39, 0.29) is 16.4 Å². The first-order valence-electron chi connectivity index (χ1n) is 7.43. The Hall–Kier alpha value is -1.94. The molecule has 0 spiro atoms. The quantitative estimate of drug-likeness (QED) is 0.725. The van der Waals surface area contributed by atoms with E-state index in [4.69, 9.17) is 0 Å². The molecular weight excluding hydrogens is 296 g/mol. The topological polar surface area (TPSA) is 51.2 Å². The van der Waals surface area contributed by atoms with Crippen LogP contribution in [0.25, 0.3) is 0 Å². The van der Waals surface area contributed by atoms with E-state index in [0.29, 0.717) is 12.0 Å². The van der Waals surface area contributed by atoms with Gasteiger partial charge in [0, 0.05) is 12.0 Å². The molecule has 0 aliphatic heterocycles. The van der Waals surface area contributed by atoms with Gasteiger partial charge in [-0.15, -0.1) is 0 Å². The first-order valence-corrected chi connectivity index (χ1v) is 9.08. The average Bonchev–Trinajstić information content (AvgIpc) is 2.53. The molecule has 0 saturated heterocycles. The zero-order chi connectivity index (χ0) is 16.0. The van der Waals surface area contributed by atoms with Crippen LogP contribution in [0.5, 0.6) is 0 Å². The minimum absolute atomic E-state index is 0.0308. The number of unbranched alkanes of at least 4 members (excludes halogenated alkanes) is 1. The number of carbonyl (C=O) groups excluding carboxylic acids is 1.